The predicted octanol–water partition coefficient (Wildman–Crippen LogP) is 3.30. The van der Waals surface area contributed by atoms with Gasteiger partial charge >= 0.3 is 5.88 Å². The highest BCUT2D eigenvalue weighted by atomic mass is 16.6. The van der Waals surface area contributed by atoms with Crippen molar-refractivity contribution >= 4 is 28.4 Å². The Labute approximate surface area is 124 Å². The maximum Gasteiger partial charge on any atom is 0.433 e. The average molecular weight is 297 g/mol. The summed E-state index contributed by atoms with van der Waals surface area (Å²) in [6, 6.07) is 11.6. The number of nitrogens with zero attached hydrogens (tertiary/aromatic N) is 2. The second-order valence-corrected chi connectivity index (χ2v) is 4.68. The van der Waals surface area contributed by atoms with Crippen LogP contribution in [0.25, 0.3) is 10.9 Å². The molecule has 3 aromatic rings. The van der Waals surface area contributed by atoms with E-state index in [1.807, 2.05) is 25.1 Å². The molecule has 0 spiro atoms. The molecule has 0 atom stereocenters. The van der Waals surface area contributed by atoms with Crippen molar-refractivity contribution in [3.63, 3.8) is 0 Å². The number of anilines is 1. The number of aryl methyl sites for hydroxylation is 1. The van der Waals surface area contributed by atoms with Gasteiger partial charge in [0.05, 0.1) is 17.3 Å². The molecule has 0 saturated heterocycles. The number of nitro groups is 1. The van der Waals surface area contributed by atoms with E-state index in [9.17, 15) is 14.9 Å². The third kappa shape index (κ3) is 2.51. The van der Waals surface area contributed by atoms with Gasteiger partial charge in [-0.15, -0.1) is 0 Å². The van der Waals surface area contributed by atoms with Crippen molar-refractivity contribution in [1.82, 2.24) is 4.98 Å². The molecule has 22 heavy (non-hydrogen) atoms. The van der Waals surface area contributed by atoms with Crippen LogP contribution in [-0.2, 0) is 0 Å². The molecule has 1 N–H and O–H groups in total. The van der Waals surface area contributed by atoms with Gasteiger partial charge in [-0.2, -0.15) is 0 Å². The topological polar surface area (TPSA) is 98.3 Å². The van der Waals surface area contributed by atoms with Gasteiger partial charge in [0.2, 0.25) is 0 Å². The first-order valence-corrected chi connectivity index (χ1v) is 6.46. The van der Waals surface area contributed by atoms with E-state index in [4.69, 9.17) is 4.42 Å². The number of benzene rings is 1. The molecule has 0 aliphatic heterocycles. The van der Waals surface area contributed by atoms with Crippen molar-refractivity contribution in [2.45, 2.75) is 6.92 Å². The highest BCUT2D eigenvalue weighted by Gasteiger charge is 2.18. The molecular weight excluding hydrogens is 286 g/mol. The molecule has 7 heteroatoms. The van der Waals surface area contributed by atoms with Crippen molar-refractivity contribution in [2.75, 3.05) is 5.32 Å². The Bertz CT molecular complexity index is 885. The fraction of sp³-hybridized carbons (Fsp3) is 0.0667. The minimum atomic E-state index is -0.695. The van der Waals surface area contributed by atoms with Crippen molar-refractivity contribution in [3.05, 3.63) is 64.0 Å². The molecule has 1 aromatic carbocycles. The number of carbonyl (C=O) groups excluding carboxylic acids is 1. The van der Waals surface area contributed by atoms with E-state index < -0.39 is 16.7 Å². The normalized spacial score (nSPS) is 10.6. The third-order valence-corrected chi connectivity index (χ3v) is 3.10. The zero-order valence-electron chi connectivity index (χ0n) is 11.6. The molecule has 2 aromatic heterocycles. The van der Waals surface area contributed by atoms with Gasteiger partial charge in [0.15, 0.2) is 5.76 Å². The molecular formula is C15H11N3O4. The van der Waals surface area contributed by atoms with Gasteiger partial charge in [-0.1, -0.05) is 18.2 Å². The maximum absolute atomic E-state index is 12.1. The fourth-order valence-corrected chi connectivity index (χ4v) is 2.08. The lowest BCUT2D eigenvalue weighted by Crippen LogP contribution is -2.11. The predicted molar refractivity (Wildman–Crippen MR) is 79.8 cm³/mol. The molecule has 0 unspecified atom stereocenters. The Morgan fingerprint density at radius 2 is 2.05 bits per heavy atom. The number of aromatic nitrogens is 1. The zero-order valence-corrected chi connectivity index (χ0v) is 11.6. The molecule has 0 aliphatic carbocycles. The summed E-state index contributed by atoms with van der Waals surface area (Å²) in [4.78, 5) is 26.4. The highest BCUT2D eigenvalue weighted by molar-refractivity contribution is 6.07. The van der Waals surface area contributed by atoms with E-state index in [1.165, 1.54) is 6.07 Å². The van der Waals surface area contributed by atoms with Crippen LogP contribution in [0.2, 0.25) is 0 Å². The van der Waals surface area contributed by atoms with Crippen molar-refractivity contribution in [2.24, 2.45) is 0 Å². The molecule has 0 saturated carbocycles. The number of hydrogen-bond acceptors (Lipinski definition) is 5. The third-order valence-electron chi connectivity index (χ3n) is 3.10. The van der Waals surface area contributed by atoms with E-state index in [1.54, 1.807) is 12.1 Å². The molecule has 0 fully saturated rings. The van der Waals surface area contributed by atoms with Gasteiger partial charge < -0.3 is 9.73 Å². The van der Waals surface area contributed by atoms with E-state index >= 15 is 0 Å². The quantitative estimate of drug-likeness (QED) is 0.590. The zero-order chi connectivity index (χ0) is 15.7. The molecule has 2 heterocycles. The fourth-order valence-electron chi connectivity index (χ4n) is 2.08. The second-order valence-electron chi connectivity index (χ2n) is 4.68. The van der Waals surface area contributed by atoms with Gasteiger partial charge in [-0.3, -0.25) is 19.9 Å². The van der Waals surface area contributed by atoms with Crippen LogP contribution < -0.4 is 5.32 Å². The largest absolute Gasteiger partial charge is 0.433 e. The average Bonchev–Trinajstić information content (AvgIpc) is 2.98. The summed E-state index contributed by atoms with van der Waals surface area (Å²) in [7, 11) is 0. The summed E-state index contributed by atoms with van der Waals surface area (Å²) in [5.41, 5.74) is 1.99. The standard InChI is InChI=1S/C15H11N3O4/c1-9-5-6-10-3-2-4-11(14(10)16-9)17-15(19)12-7-8-13(22-12)18(20)21/h2-8H,1H3,(H,17,19). The number of fused-ring (bicyclic) bond motifs is 1. The van der Waals surface area contributed by atoms with Crippen LogP contribution in [0, 0.1) is 17.0 Å². The number of pyridine rings is 1. The first-order valence-electron chi connectivity index (χ1n) is 6.46. The van der Waals surface area contributed by atoms with E-state index in [-0.39, 0.29) is 5.76 Å². The summed E-state index contributed by atoms with van der Waals surface area (Å²) in [6.07, 6.45) is 0. The number of furan rings is 1. The SMILES string of the molecule is Cc1ccc2cccc(NC(=O)c3ccc([N+](=O)[O-])o3)c2n1. The van der Waals surface area contributed by atoms with Crippen LogP contribution in [0.5, 0.6) is 0 Å². The maximum atomic E-state index is 12.1. The van der Waals surface area contributed by atoms with Gasteiger partial charge in [-0.25, -0.2) is 0 Å². The van der Waals surface area contributed by atoms with Crippen LogP contribution in [0.15, 0.2) is 46.9 Å². The van der Waals surface area contributed by atoms with E-state index in [0.29, 0.717) is 11.2 Å². The lowest BCUT2D eigenvalue weighted by atomic mass is 10.1. The Hall–Kier alpha value is -3.22. The first kappa shape index (κ1) is 13.7. The number of para-hydroxylation sites is 1. The molecule has 7 nitrogen and oxygen atoms in total. The summed E-state index contributed by atoms with van der Waals surface area (Å²) in [6.45, 7) is 1.86. The number of nitrogens with one attached hydrogen (secondary N) is 1. The molecule has 1 amide bonds. The van der Waals surface area contributed by atoms with Crippen LogP contribution in [0.1, 0.15) is 16.2 Å². The Balaban J connectivity index is 1.93. The number of rotatable bonds is 3. The van der Waals surface area contributed by atoms with Crippen molar-refractivity contribution < 1.29 is 14.1 Å². The summed E-state index contributed by atoms with van der Waals surface area (Å²) in [5, 5.41) is 14.1. The van der Waals surface area contributed by atoms with E-state index in [2.05, 4.69) is 10.3 Å². The molecule has 0 bridgehead atoms. The Morgan fingerprint density at radius 3 is 2.77 bits per heavy atom. The minimum absolute atomic E-state index is 0.128. The number of carbonyl (C=O) groups is 1. The smallest absolute Gasteiger partial charge is 0.395 e. The van der Waals surface area contributed by atoms with Crippen LogP contribution in [0.3, 0.4) is 0 Å². The van der Waals surface area contributed by atoms with Gasteiger partial charge in [0, 0.05) is 11.1 Å². The van der Waals surface area contributed by atoms with Crippen molar-refractivity contribution in [1.29, 1.82) is 0 Å². The van der Waals surface area contributed by atoms with Gasteiger partial charge in [-0.05, 0) is 25.1 Å². The molecule has 110 valence electrons. The second kappa shape index (κ2) is 5.28. The Kier molecular flexibility index (Phi) is 3.30. The Morgan fingerprint density at radius 1 is 1.23 bits per heavy atom. The minimum Gasteiger partial charge on any atom is -0.395 e. The van der Waals surface area contributed by atoms with Gasteiger partial charge in [0.1, 0.15) is 4.92 Å². The van der Waals surface area contributed by atoms with Crippen molar-refractivity contribution in [3.8, 4) is 0 Å². The monoisotopic (exact) mass is 297 g/mol. The van der Waals surface area contributed by atoms with Crippen LogP contribution in [-0.4, -0.2) is 15.8 Å². The lowest BCUT2D eigenvalue weighted by Gasteiger charge is -2.07. The summed E-state index contributed by atoms with van der Waals surface area (Å²) < 4.78 is 4.88. The molecule has 3 rings (SSSR count). The number of hydrogen-bond donors (Lipinski definition) is 1. The van der Waals surface area contributed by atoms with Gasteiger partial charge in [0.25, 0.3) is 5.91 Å². The molecule has 0 aliphatic rings. The lowest BCUT2D eigenvalue weighted by molar-refractivity contribution is -0.402. The highest BCUT2D eigenvalue weighted by Crippen LogP contribution is 2.23. The van der Waals surface area contributed by atoms with Crippen LogP contribution >= 0.6 is 0 Å². The van der Waals surface area contributed by atoms with Crippen LogP contribution in [0.4, 0.5) is 11.6 Å². The summed E-state index contributed by atoms with van der Waals surface area (Å²) >= 11 is 0. The molecule has 0 radical (unpaired) electrons. The number of amides is 1. The summed E-state index contributed by atoms with van der Waals surface area (Å²) in [5.74, 6) is -1.17. The van der Waals surface area contributed by atoms with E-state index in [0.717, 1.165) is 17.1 Å². The first-order chi connectivity index (χ1) is 10.5.